The van der Waals surface area contributed by atoms with E-state index in [1.807, 2.05) is 0 Å². The van der Waals surface area contributed by atoms with Crippen LogP contribution in [-0.4, -0.2) is 18.3 Å². The normalized spacial score (nSPS) is 10.3. The van der Waals surface area contributed by atoms with E-state index < -0.39 is 5.82 Å². The van der Waals surface area contributed by atoms with Gasteiger partial charge in [0.1, 0.15) is 5.82 Å². The van der Waals surface area contributed by atoms with Crippen LogP contribution in [0.2, 0.25) is 0 Å². The van der Waals surface area contributed by atoms with Gasteiger partial charge < -0.3 is 5.32 Å². The second kappa shape index (κ2) is 7.67. The molecule has 0 radical (unpaired) electrons. The fraction of sp³-hybridized carbons (Fsp3) is 0.417. The zero-order valence-electron chi connectivity index (χ0n) is 9.31. The van der Waals surface area contributed by atoms with Gasteiger partial charge in [0, 0.05) is 16.9 Å². The zero-order valence-corrected chi connectivity index (χ0v) is 11.7. The minimum Gasteiger partial charge on any atom is -0.352 e. The predicted molar refractivity (Wildman–Crippen MR) is 71.0 cm³/mol. The number of unbranched alkanes of at least 4 members (excludes halogenated alkanes) is 2. The summed E-state index contributed by atoms with van der Waals surface area (Å²) in [5.74, 6) is -0.272. The van der Waals surface area contributed by atoms with Gasteiger partial charge in [0.2, 0.25) is 0 Å². The lowest BCUT2D eigenvalue weighted by Gasteiger charge is -2.07. The van der Waals surface area contributed by atoms with Crippen molar-refractivity contribution in [3.05, 3.63) is 34.1 Å². The summed E-state index contributed by atoms with van der Waals surface area (Å²) >= 11 is 8.70. The Labute approximate surface area is 114 Å². The number of amides is 1. The molecule has 2 nitrogen and oxygen atoms in total. The zero-order chi connectivity index (χ0) is 12.7. The summed E-state index contributed by atoms with van der Waals surface area (Å²) in [7, 11) is 0. The number of halogens is 3. The molecule has 0 heterocycles. The second-order valence-electron chi connectivity index (χ2n) is 3.60. The topological polar surface area (TPSA) is 29.1 Å². The van der Waals surface area contributed by atoms with Crippen molar-refractivity contribution < 1.29 is 9.18 Å². The number of hydrogen-bond donors (Lipinski definition) is 1. The smallest absolute Gasteiger partial charge is 0.255 e. The molecule has 0 saturated heterocycles. The van der Waals surface area contributed by atoms with Crippen LogP contribution in [0.3, 0.4) is 0 Å². The predicted octanol–water partition coefficient (Wildman–Crippen LogP) is 3.73. The molecular formula is C12H14BrClFNO. The maximum Gasteiger partial charge on any atom is 0.255 e. The van der Waals surface area contributed by atoms with Crippen LogP contribution in [0.5, 0.6) is 0 Å². The molecule has 0 bridgehead atoms. The van der Waals surface area contributed by atoms with E-state index >= 15 is 0 Å². The number of hydrogen-bond acceptors (Lipinski definition) is 1. The minimum absolute atomic E-state index is 0.0600. The molecule has 1 aromatic carbocycles. The van der Waals surface area contributed by atoms with E-state index in [-0.39, 0.29) is 11.5 Å². The summed E-state index contributed by atoms with van der Waals surface area (Å²) < 4.78 is 13.9. The van der Waals surface area contributed by atoms with Gasteiger partial charge in [-0.3, -0.25) is 4.79 Å². The number of benzene rings is 1. The highest BCUT2D eigenvalue weighted by Crippen LogP contribution is 2.19. The van der Waals surface area contributed by atoms with Crippen molar-refractivity contribution >= 4 is 33.4 Å². The van der Waals surface area contributed by atoms with E-state index in [9.17, 15) is 9.18 Å². The van der Waals surface area contributed by atoms with E-state index in [0.717, 1.165) is 19.3 Å². The Bertz CT molecular complexity index is 367. The van der Waals surface area contributed by atoms with E-state index in [1.165, 1.54) is 6.07 Å². The van der Waals surface area contributed by atoms with Crippen molar-refractivity contribution in [2.24, 2.45) is 0 Å². The summed E-state index contributed by atoms with van der Waals surface area (Å²) in [6.07, 6.45) is 2.74. The molecule has 1 aromatic rings. The van der Waals surface area contributed by atoms with E-state index in [4.69, 9.17) is 11.6 Å². The van der Waals surface area contributed by atoms with Crippen LogP contribution in [0.1, 0.15) is 29.6 Å². The van der Waals surface area contributed by atoms with Gasteiger partial charge in [-0.05, 0) is 40.9 Å². The lowest BCUT2D eigenvalue weighted by Crippen LogP contribution is -2.25. The first-order chi connectivity index (χ1) is 8.16. The summed E-state index contributed by atoms with van der Waals surface area (Å²) in [5.41, 5.74) is 0.0600. The number of carbonyl (C=O) groups excluding carboxylic acids is 1. The summed E-state index contributed by atoms with van der Waals surface area (Å²) in [6.45, 7) is 0.538. The van der Waals surface area contributed by atoms with Crippen molar-refractivity contribution in [2.45, 2.75) is 19.3 Å². The largest absolute Gasteiger partial charge is 0.352 e. The highest BCUT2D eigenvalue weighted by Gasteiger charge is 2.14. The average Bonchev–Trinajstić information content (AvgIpc) is 2.28. The van der Waals surface area contributed by atoms with Crippen LogP contribution >= 0.6 is 27.5 Å². The molecule has 1 rings (SSSR count). The van der Waals surface area contributed by atoms with Crippen molar-refractivity contribution in [1.29, 1.82) is 0 Å². The third-order valence-electron chi connectivity index (χ3n) is 2.29. The maximum absolute atomic E-state index is 13.4. The van der Waals surface area contributed by atoms with Crippen LogP contribution in [0, 0.1) is 5.82 Å². The monoisotopic (exact) mass is 321 g/mol. The summed E-state index contributed by atoms with van der Waals surface area (Å²) in [5, 5.41) is 2.69. The van der Waals surface area contributed by atoms with Crippen molar-refractivity contribution in [1.82, 2.24) is 5.32 Å². The van der Waals surface area contributed by atoms with Crippen molar-refractivity contribution in [3.8, 4) is 0 Å². The van der Waals surface area contributed by atoms with Crippen LogP contribution in [0.4, 0.5) is 4.39 Å². The van der Waals surface area contributed by atoms with Gasteiger partial charge in [-0.25, -0.2) is 4.39 Å². The molecule has 0 unspecified atom stereocenters. The Morgan fingerprint density at radius 1 is 1.35 bits per heavy atom. The molecule has 5 heteroatoms. The van der Waals surface area contributed by atoms with Crippen LogP contribution in [-0.2, 0) is 0 Å². The minimum atomic E-state index is -0.516. The second-order valence-corrected chi connectivity index (χ2v) is 4.83. The van der Waals surface area contributed by atoms with Gasteiger partial charge >= 0.3 is 0 Å². The SMILES string of the molecule is O=C(NCCCCCCl)c1c(F)cccc1Br. The molecule has 94 valence electrons. The van der Waals surface area contributed by atoms with Gasteiger partial charge in [0.15, 0.2) is 0 Å². The standard InChI is InChI=1S/C12H14BrClFNO/c13-9-5-4-6-10(15)11(9)12(17)16-8-3-1-2-7-14/h4-6H,1-3,7-8H2,(H,16,17). The molecule has 1 N–H and O–H groups in total. The van der Waals surface area contributed by atoms with Gasteiger partial charge in [-0.2, -0.15) is 0 Å². The lowest BCUT2D eigenvalue weighted by molar-refractivity contribution is 0.0948. The molecular weight excluding hydrogens is 308 g/mol. The Morgan fingerprint density at radius 2 is 2.12 bits per heavy atom. The molecule has 0 aliphatic rings. The molecule has 0 spiro atoms. The van der Waals surface area contributed by atoms with Gasteiger partial charge in [0.25, 0.3) is 5.91 Å². The maximum atomic E-state index is 13.4. The highest BCUT2D eigenvalue weighted by molar-refractivity contribution is 9.10. The number of alkyl halides is 1. The molecule has 1 amide bonds. The summed E-state index contributed by atoms with van der Waals surface area (Å²) in [6, 6.07) is 4.47. The Morgan fingerprint density at radius 3 is 2.76 bits per heavy atom. The molecule has 0 aliphatic heterocycles. The third kappa shape index (κ3) is 4.64. The first kappa shape index (κ1) is 14.5. The van der Waals surface area contributed by atoms with Gasteiger partial charge in [0.05, 0.1) is 5.56 Å². The van der Waals surface area contributed by atoms with E-state index in [0.29, 0.717) is 16.9 Å². The average molecular weight is 323 g/mol. The Balaban J connectivity index is 2.47. The fourth-order valence-electron chi connectivity index (χ4n) is 1.40. The summed E-state index contributed by atoms with van der Waals surface area (Å²) in [4.78, 5) is 11.7. The van der Waals surface area contributed by atoms with E-state index in [2.05, 4.69) is 21.2 Å². The van der Waals surface area contributed by atoms with Gasteiger partial charge in [-0.1, -0.05) is 12.5 Å². The first-order valence-electron chi connectivity index (χ1n) is 5.45. The molecule has 0 fully saturated rings. The van der Waals surface area contributed by atoms with Crippen LogP contribution in [0.25, 0.3) is 0 Å². The first-order valence-corrected chi connectivity index (χ1v) is 6.77. The fourth-order valence-corrected chi connectivity index (χ4v) is 2.11. The Kier molecular flexibility index (Phi) is 6.52. The number of carbonyl (C=O) groups is 1. The molecule has 0 atom stereocenters. The van der Waals surface area contributed by atoms with Crippen LogP contribution < -0.4 is 5.32 Å². The molecule has 0 aromatic heterocycles. The molecule has 0 aliphatic carbocycles. The Hall–Kier alpha value is -0.610. The van der Waals surface area contributed by atoms with E-state index in [1.54, 1.807) is 12.1 Å². The van der Waals surface area contributed by atoms with Crippen molar-refractivity contribution in [3.63, 3.8) is 0 Å². The molecule has 17 heavy (non-hydrogen) atoms. The van der Waals surface area contributed by atoms with Gasteiger partial charge in [-0.15, -0.1) is 11.6 Å². The number of rotatable bonds is 6. The van der Waals surface area contributed by atoms with Crippen LogP contribution in [0.15, 0.2) is 22.7 Å². The highest BCUT2D eigenvalue weighted by atomic mass is 79.9. The quantitative estimate of drug-likeness (QED) is 0.627. The van der Waals surface area contributed by atoms with Crippen molar-refractivity contribution in [2.75, 3.05) is 12.4 Å². The lowest BCUT2D eigenvalue weighted by atomic mass is 10.2. The number of nitrogens with one attached hydrogen (secondary N) is 1. The molecule has 0 saturated carbocycles. The third-order valence-corrected chi connectivity index (χ3v) is 3.21.